The minimum absolute atomic E-state index is 0.0606. The van der Waals surface area contributed by atoms with Crippen LogP contribution >= 0.6 is 0 Å². The van der Waals surface area contributed by atoms with Crippen LogP contribution in [0.15, 0.2) is 12.3 Å². The Morgan fingerprint density at radius 1 is 1.79 bits per heavy atom. The number of aromatic amines is 1. The summed E-state index contributed by atoms with van der Waals surface area (Å²) in [6, 6.07) is 1.76. The molecule has 0 spiro atoms. The number of nitrogens with zero attached hydrogens (tertiary/aromatic N) is 1. The number of amides is 1. The molecule has 1 heterocycles. The van der Waals surface area contributed by atoms with Gasteiger partial charge in [-0.05, 0) is 12.0 Å². The quantitative estimate of drug-likeness (QED) is 0.606. The van der Waals surface area contributed by atoms with E-state index in [0.29, 0.717) is 13.0 Å². The van der Waals surface area contributed by atoms with E-state index in [1.54, 1.807) is 12.3 Å². The Bertz CT molecular complexity index is 272. The number of aromatic nitrogens is 2. The zero-order valence-electron chi connectivity index (χ0n) is 8.16. The Hall–Kier alpha value is -1.36. The first-order valence-corrected chi connectivity index (χ1v) is 4.58. The number of carbonyl (C=O) groups excluding carboxylic acids is 1. The van der Waals surface area contributed by atoms with Crippen LogP contribution in [0.25, 0.3) is 0 Å². The predicted molar refractivity (Wildman–Crippen MR) is 51.6 cm³/mol. The normalized spacial score (nSPS) is 12.4. The molecule has 0 fully saturated rings. The Kier molecular flexibility index (Phi) is 4.12. The second-order valence-corrected chi connectivity index (χ2v) is 3.35. The van der Waals surface area contributed by atoms with Crippen LogP contribution in [0.2, 0.25) is 0 Å². The summed E-state index contributed by atoms with van der Waals surface area (Å²) >= 11 is 0. The summed E-state index contributed by atoms with van der Waals surface area (Å²) in [5, 5.41) is 17.9. The van der Waals surface area contributed by atoms with Crippen molar-refractivity contribution in [2.24, 2.45) is 5.92 Å². The van der Waals surface area contributed by atoms with Crippen molar-refractivity contribution in [1.82, 2.24) is 15.5 Å². The van der Waals surface area contributed by atoms with E-state index in [1.165, 1.54) is 0 Å². The molecule has 1 aromatic rings. The number of aliphatic hydroxyl groups excluding tert-OH is 1. The number of hydrogen-bond acceptors (Lipinski definition) is 3. The monoisotopic (exact) mass is 197 g/mol. The van der Waals surface area contributed by atoms with Gasteiger partial charge in [0.1, 0.15) is 0 Å². The van der Waals surface area contributed by atoms with Gasteiger partial charge in [0.2, 0.25) is 5.91 Å². The van der Waals surface area contributed by atoms with Crippen molar-refractivity contribution >= 4 is 5.91 Å². The maximum atomic E-state index is 11.3. The number of carbonyl (C=O) groups is 1. The van der Waals surface area contributed by atoms with Gasteiger partial charge in [-0.25, -0.2) is 0 Å². The van der Waals surface area contributed by atoms with Gasteiger partial charge >= 0.3 is 0 Å². The lowest BCUT2D eigenvalue weighted by Gasteiger charge is -2.08. The molecule has 0 saturated carbocycles. The average molecular weight is 197 g/mol. The fourth-order valence-corrected chi connectivity index (χ4v) is 0.971. The van der Waals surface area contributed by atoms with Crippen molar-refractivity contribution in [2.75, 3.05) is 13.2 Å². The van der Waals surface area contributed by atoms with E-state index >= 15 is 0 Å². The Labute approximate surface area is 82.5 Å². The Morgan fingerprint density at radius 2 is 2.57 bits per heavy atom. The topological polar surface area (TPSA) is 78.0 Å². The highest BCUT2D eigenvalue weighted by molar-refractivity contribution is 5.77. The number of aliphatic hydroxyl groups is 1. The van der Waals surface area contributed by atoms with Crippen LogP contribution in [0.4, 0.5) is 0 Å². The van der Waals surface area contributed by atoms with Crippen LogP contribution in [0.3, 0.4) is 0 Å². The summed E-state index contributed by atoms with van der Waals surface area (Å²) in [5.41, 5.74) is 0.791. The van der Waals surface area contributed by atoms with E-state index < -0.39 is 0 Å². The second kappa shape index (κ2) is 5.39. The molecule has 3 N–H and O–H groups in total. The molecular weight excluding hydrogens is 182 g/mol. The molecule has 0 aliphatic heterocycles. The molecule has 5 nitrogen and oxygen atoms in total. The highest BCUT2D eigenvalue weighted by Gasteiger charge is 2.05. The molecule has 0 aliphatic carbocycles. The lowest BCUT2D eigenvalue weighted by molar-refractivity contribution is -0.120. The third-order valence-electron chi connectivity index (χ3n) is 1.87. The minimum atomic E-state index is -0.0606. The summed E-state index contributed by atoms with van der Waals surface area (Å²) in [4.78, 5) is 11.3. The molecule has 1 amide bonds. The van der Waals surface area contributed by atoms with Crippen molar-refractivity contribution in [3.05, 3.63) is 18.0 Å². The maximum absolute atomic E-state index is 11.3. The molecule has 1 atom stereocenters. The van der Waals surface area contributed by atoms with E-state index in [0.717, 1.165) is 5.69 Å². The lowest BCUT2D eigenvalue weighted by atomic mass is 10.2. The van der Waals surface area contributed by atoms with Gasteiger partial charge in [-0.2, -0.15) is 5.10 Å². The van der Waals surface area contributed by atoms with Crippen LogP contribution in [0.1, 0.15) is 12.6 Å². The van der Waals surface area contributed by atoms with Crippen molar-refractivity contribution in [3.63, 3.8) is 0 Å². The van der Waals surface area contributed by atoms with Crippen LogP contribution < -0.4 is 5.32 Å². The van der Waals surface area contributed by atoms with Crippen molar-refractivity contribution in [1.29, 1.82) is 0 Å². The van der Waals surface area contributed by atoms with Gasteiger partial charge < -0.3 is 10.4 Å². The molecule has 78 valence electrons. The van der Waals surface area contributed by atoms with Crippen molar-refractivity contribution in [2.45, 2.75) is 13.3 Å². The Morgan fingerprint density at radius 3 is 3.14 bits per heavy atom. The van der Waals surface area contributed by atoms with Crippen molar-refractivity contribution in [3.8, 4) is 0 Å². The van der Waals surface area contributed by atoms with Crippen molar-refractivity contribution < 1.29 is 9.90 Å². The number of H-pyrrole nitrogens is 1. The first-order valence-electron chi connectivity index (χ1n) is 4.58. The van der Waals surface area contributed by atoms with Gasteiger partial charge in [-0.15, -0.1) is 0 Å². The molecule has 1 rings (SSSR count). The van der Waals surface area contributed by atoms with Gasteiger partial charge in [0.25, 0.3) is 0 Å². The second-order valence-electron chi connectivity index (χ2n) is 3.35. The van der Waals surface area contributed by atoms with Gasteiger partial charge in [-0.3, -0.25) is 9.89 Å². The standard InChI is InChI=1S/C9H15N3O2/c1-7(6-13)5-10-9(14)4-8-2-3-11-12-8/h2-3,7,13H,4-6H2,1H3,(H,10,14)(H,11,12). The molecule has 1 unspecified atom stereocenters. The summed E-state index contributed by atoms with van der Waals surface area (Å²) in [6.45, 7) is 2.46. The molecule has 14 heavy (non-hydrogen) atoms. The van der Waals surface area contributed by atoms with Crippen LogP contribution in [0, 0.1) is 5.92 Å². The number of rotatable bonds is 5. The molecule has 0 saturated heterocycles. The predicted octanol–water partition coefficient (Wildman–Crippen LogP) is -0.303. The molecule has 0 radical (unpaired) electrons. The van der Waals surface area contributed by atoms with E-state index in [9.17, 15) is 4.79 Å². The zero-order chi connectivity index (χ0) is 10.4. The molecule has 5 heteroatoms. The van der Waals surface area contributed by atoms with Crippen LogP contribution in [-0.4, -0.2) is 34.4 Å². The van der Waals surface area contributed by atoms with Gasteiger partial charge in [-0.1, -0.05) is 6.92 Å². The summed E-state index contributed by atoms with van der Waals surface area (Å²) in [6.07, 6.45) is 1.91. The lowest BCUT2D eigenvalue weighted by Crippen LogP contribution is -2.30. The van der Waals surface area contributed by atoms with Crippen LogP contribution in [0.5, 0.6) is 0 Å². The third-order valence-corrected chi connectivity index (χ3v) is 1.87. The summed E-state index contributed by atoms with van der Waals surface area (Å²) < 4.78 is 0. The van der Waals surface area contributed by atoms with E-state index in [1.807, 2.05) is 6.92 Å². The zero-order valence-corrected chi connectivity index (χ0v) is 8.16. The first kappa shape index (κ1) is 10.7. The third kappa shape index (κ3) is 3.57. The number of hydrogen-bond donors (Lipinski definition) is 3. The highest BCUT2D eigenvalue weighted by atomic mass is 16.3. The number of nitrogens with one attached hydrogen (secondary N) is 2. The molecule has 1 aromatic heterocycles. The first-order chi connectivity index (χ1) is 6.72. The summed E-state index contributed by atoms with van der Waals surface area (Å²) in [7, 11) is 0. The molecular formula is C9H15N3O2. The SMILES string of the molecule is CC(CO)CNC(=O)Cc1ccn[nH]1. The minimum Gasteiger partial charge on any atom is -0.396 e. The van der Waals surface area contributed by atoms with E-state index in [-0.39, 0.29) is 18.4 Å². The Balaban J connectivity index is 2.23. The van der Waals surface area contributed by atoms with E-state index in [2.05, 4.69) is 15.5 Å². The molecule has 0 aromatic carbocycles. The smallest absolute Gasteiger partial charge is 0.226 e. The van der Waals surface area contributed by atoms with Crippen LogP contribution in [-0.2, 0) is 11.2 Å². The maximum Gasteiger partial charge on any atom is 0.226 e. The van der Waals surface area contributed by atoms with E-state index in [4.69, 9.17) is 5.11 Å². The molecule has 0 bridgehead atoms. The fraction of sp³-hybridized carbons (Fsp3) is 0.556. The summed E-state index contributed by atoms with van der Waals surface area (Å²) in [5.74, 6) is 0.0373. The van der Waals surface area contributed by atoms with Gasteiger partial charge in [0, 0.05) is 25.0 Å². The largest absolute Gasteiger partial charge is 0.396 e. The molecule has 0 aliphatic rings. The average Bonchev–Trinajstić information content (AvgIpc) is 2.66. The highest BCUT2D eigenvalue weighted by Crippen LogP contribution is 1.94. The van der Waals surface area contributed by atoms with Gasteiger partial charge in [0.15, 0.2) is 0 Å². The van der Waals surface area contributed by atoms with Gasteiger partial charge in [0.05, 0.1) is 6.42 Å². The fourth-order valence-electron chi connectivity index (χ4n) is 0.971.